The smallest absolute Gasteiger partial charge is 0.161 e. The standard InChI is InChI=1S/C16H17NO3.ClH/c1-18-14-7-11(10-17)6-13(8-14)12-2-3-15-16(9-12)20-5-4-19-15;/h2-3,6-9H,4-5,10,17H2,1H3;1H. The van der Waals surface area contributed by atoms with E-state index in [4.69, 9.17) is 19.9 Å². The van der Waals surface area contributed by atoms with Crippen LogP contribution in [0.15, 0.2) is 36.4 Å². The minimum absolute atomic E-state index is 0. The number of methoxy groups -OCH3 is 1. The molecule has 2 aromatic carbocycles. The molecule has 0 amide bonds. The third-order valence-electron chi connectivity index (χ3n) is 3.31. The summed E-state index contributed by atoms with van der Waals surface area (Å²) in [4.78, 5) is 0. The molecule has 1 heterocycles. The second-order valence-electron chi connectivity index (χ2n) is 4.63. The van der Waals surface area contributed by atoms with E-state index in [1.54, 1.807) is 7.11 Å². The first-order chi connectivity index (χ1) is 9.80. The molecule has 112 valence electrons. The predicted molar refractivity (Wildman–Crippen MR) is 84.6 cm³/mol. The van der Waals surface area contributed by atoms with Gasteiger partial charge in [0, 0.05) is 6.54 Å². The van der Waals surface area contributed by atoms with Crippen molar-refractivity contribution >= 4 is 12.4 Å². The van der Waals surface area contributed by atoms with Crippen molar-refractivity contribution in [2.45, 2.75) is 6.54 Å². The highest BCUT2D eigenvalue weighted by Gasteiger charge is 2.13. The maximum absolute atomic E-state index is 5.73. The summed E-state index contributed by atoms with van der Waals surface area (Å²) in [5, 5.41) is 0. The van der Waals surface area contributed by atoms with Gasteiger partial charge >= 0.3 is 0 Å². The van der Waals surface area contributed by atoms with Gasteiger partial charge in [-0.15, -0.1) is 12.4 Å². The van der Waals surface area contributed by atoms with E-state index in [1.807, 2.05) is 30.3 Å². The number of ether oxygens (including phenoxy) is 3. The largest absolute Gasteiger partial charge is 0.497 e. The summed E-state index contributed by atoms with van der Waals surface area (Å²) in [5.41, 5.74) is 8.88. The van der Waals surface area contributed by atoms with Gasteiger partial charge in [0.15, 0.2) is 11.5 Å². The molecule has 0 unspecified atom stereocenters. The van der Waals surface area contributed by atoms with Crippen molar-refractivity contribution < 1.29 is 14.2 Å². The van der Waals surface area contributed by atoms with E-state index in [1.165, 1.54) is 0 Å². The quantitative estimate of drug-likeness (QED) is 0.947. The van der Waals surface area contributed by atoms with E-state index in [9.17, 15) is 0 Å². The fraction of sp³-hybridized carbons (Fsp3) is 0.250. The molecule has 2 aromatic rings. The van der Waals surface area contributed by atoms with Gasteiger partial charge in [0.25, 0.3) is 0 Å². The van der Waals surface area contributed by atoms with Crippen molar-refractivity contribution in [1.29, 1.82) is 0 Å². The first kappa shape index (κ1) is 15.5. The Balaban J connectivity index is 0.00000161. The Morgan fingerprint density at radius 1 is 1.00 bits per heavy atom. The Labute approximate surface area is 130 Å². The normalized spacial score (nSPS) is 12.5. The molecule has 0 saturated carbocycles. The molecule has 0 spiro atoms. The summed E-state index contributed by atoms with van der Waals surface area (Å²) >= 11 is 0. The van der Waals surface area contributed by atoms with Crippen LogP contribution >= 0.6 is 12.4 Å². The lowest BCUT2D eigenvalue weighted by molar-refractivity contribution is 0.171. The van der Waals surface area contributed by atoms with Crippen LogP contribution in [-0.4, -0.2) is 20.3 Å². The van der Waals surface area contributed by atoms with Crippen LogP contribution in [0.5, 0.6) is 17.2 Å². The van der Waals surface area contributed by atoms with E-state index < -0.39 is 0 Å². The van der Waals surface area contributed by atoms with Gasteiger partial charge in [-0.1, -0.05) is 6.07 Å². The van der Waals surface area contributed by atoms with Gasteiger partial charge in [-0.25, -0.2) is 0 Å². The summed E-state index contributed by atoms with van der Waals surface area (Å²) in [7, 11) is 1.66. The van der Waals surface area contributed by atoms with Gasteiger partial charge in [0.05, 0.1) is 7.11 Å². The van der Waals surface area contributed by atoms with Crippen molar-refractivity contribution in [3.8, 4) is 28.4 Å². The van der Waals surface area contributed by atoms with Crippen LogP contribution in [0.1, 0.15) is 5.56 Å². The molecule has 0 atom stereocenters. The minimum atomic E-state index is 0. The second-order valence-corrected chi connectivity index (χ2v) is 4.63. The van der Waals surface area contributed by atoms with Crippen LogP contribution in [0.4, 0.5) is 0 Å². The van der Waals surface area contributed by atoms with E-state index in [0.717, 1.165) is 33.9 Å². The molecule has 2 N–H and O–H groups in total. The highest BCUT2D eigenvalue weighted by atomic mass is 35.5. The number of nitrogens with two attached hydrogens (primary N) is 1. The molecule has 0 radical (unpaired) electrons. The van der Waals surface area contributed by atoms with Gasteiger partial charge in [0.1, 0.15) is 19.0 Å². The first-order valence-electron chi connectivity index (χ1n) is 6.58. The Morgan fingerprint density at radius 3 is 2.48 bits per heavy atom. The van der Waals surface area contributed by atoms with Gasteiger partial charge in [0.2, 0.25) is 0 Å². The van der Waals surface area contributed by atoms with Gasteiger partial charge in [-0.2, -0.15) is 0 Å². The first-order valence-corrected chi connectivity index (χ1v) is 6.58. The molecule has 1 aliphatic heterocycles. The second kappa shape index (κ2) is 6.70. The van der Waals surface area contributed by atoms with Gasteiger partial charge < -0.3 is 19.9 Å². The molecule has 3 rings (SSSR count). The van der Waals surface area contributed by atoms with Crippen LogP contribution < -0.4 is 19.9 Å². The zero-order valence-electron chi connectivity index (χ0n) is 11.8. The lowest BCUT2D eigenvalue weighted by Gasteiger charge is -2.19. The number of hydrogen-bond acceptors (Lipinski definition) is 4. The van der Waals surface area contributed by atoms with Crippen molar-refractivity contribution in [1.82, 2.24) is 0 Å². The number of fused-ring (bicyclic) bond motifs is 1. The molecule has 0 aliphatic carbocycles. The number of hydrogen-bond donors (Lipinski definition) is 1. The van der Waals surface area contributed by atoms with Crippen molar-refractivity contribution in [3.05, 3.63) is 42.0 Å². The molecule has 4 nitrogen and oxygen atoms in total. The van der Waals surface area contributed by atoms with Crippen molar-refractivity contribution in [2.24, 2.45) is 5.73 Å². The minimum Gasteiger partial charge on any atom is -0.497 e. The van der Waals surface area contributed by atoms with Gasteiger partial charge in [-0.3, -0.25) is 0 Å². The highest BCUT2D eigenvalue weighted by molar-refractivity contribution is 5.85. The molecule has 0 fully saturated rings. The summed E-state index contributed by atoms with van der Waals surface area (Å²) in [6.45, 7) is 1.67. The van der Waals surface area contributed by atoms with Crippen molar-refractivity contribution in [3.63, 3.8) is 0 Å². The molecular formula is C16H18ClNO3. The third kappa shape index (κ3) is 3.23. The zero-order chi connectivity index (χ0) is 13.9. The highest BCUT2D eigenvalue weighted by Crippen LogP contribution is 2.35. The molecule has 0 aromatic heterocycles. The fourth-order valence-electron chi connectivity index (χ4n) is 2.29. The van der Waals surface area contributed by atoms with Crippen LogP contribution in [0.25, 0.3) is 11.1 Å². The monoisotopic (exact) mass is 307 g/mol. The number of rotatable bonds is 3. The summed E-state index contributed by atoms with van der Waals surface area (Å²) in [6, 6.07) is 11.9. The van der Waals surface area contributed by atoms with Gasteiger partial charge in [-0.05, 0) is 47.0 Å². The summed E-state index contributed by atoms with van der Waals surface area (Å²) in [5.74, 6) is 2.38. The van der Waals surface area contributed by atoms with Crippen LogP contribution in [0.2, 0.25) is 0 Å². The van der Waals surface area contributed by atoms with E-state index in [0.29, 0.717) is 19.8 Å². The average molecular weight is 308 g/mol. The molecule has 5 heteroatoms. The Kier molecular flexibility index (Phi) is 4.94. The van der Waals surface area contributed by atoms with E-state index in [-0.39, 0.29) is 12.4 Å². The topological polar surface area (TPSA) is 53.7 Å². The average Bonchev–Trinajstić information content (AvgIpc) is 2.53. The summed E-state index contributed by atoms with van der Waals surface area (Å²) < 4.78 is 16.5. The number of benzene rings is 2. The van der Waals surface area contributed by atoms with Crippen molar-refractivity contribution in [2.75, 3.05) is 20.3 Å². The van der Waals surface area contributed by atoms with Crippen LogP contribution in [-0.2, 0) is 6.54 Å². The maximum Gasteiger partial charge on any atom is 0.161 e. The maximum atomic E-state index is 5.73. The SMILES string of the molecule is COc1cc(CN)cc(-c2ccc3c(c2)OCCO3)c1.Cl. The van der Waals surface area contributed by atoms with Crippen LogP contribution in [0.3, 0.4) is 0 Å². The fourth-order valence-corrected chi connectivity index (χ4v) is 2.29. The Hall–Kier alpha value is -1.91. The molecular weight excluding hydrogens is 290 g/mol. The molecule has 0 saturated heterocycles. The summed E-state index contributed by atoms with van der Waals surface area (Å²) in [6.07, 6.45) is 0. The molecule has 21 heavy (non-hydrogen) atoms. The lowest BCUT2D eigenvalue weighted by Crippen LogP contribution is -2.15. The molecule has 1 aliphatic rings. The van der Waals surface area contributed by atoms with E-state index >= 15 is 0 Å². The molecule has 0 bridgehead atoms. The lowest BCUT2D eigenvalue weighted by atomic mass is 10.0. The Bertz CT molecular complexity index is 609. The van der Waals surface area contributed by atoms with Crippen LogP contribution in [0, 0.1) is 0 Å². The number of halogens is 1. The zero-order valence-corrected chi connectivity index (χ0v) is 12.6. The van der Waals surface area contributed by atoms with E-state index in [2.05, 4.69) is 6.07 Å². The Morgan fingerprint density at radius 2 is 1.76 bits per heavy atom. The third-order valence-corrected chi connectivity index (χ3v) is 3.31. The predicted octanol–water partition coefficient (Wildman–Crippen LogP) is 3.01.